The van der Waals surface area contributed by atoms with Crippen LogP contribution in [0.5, 0.6) is 0 Å². The molecular weight excluding hydrogens is 408 g/mol. The van der Waals surface area contributed by atoms with Crippen molar-refractivity contribution in [2.24, 2.45) is 0 Å². The summed E-state index contributed by atoms with van der Waals surface area (Å²) < 4.78 is 0. The number of aromatic nitrogens is 3. The summed E-state index contributed by atoms with van der Waals surface area (Å²) in [6, 6.07) is 12.2. The van der Waals surface area contributed by atoms with E-state index in [4.69, 9.17) is 9.97 Å². The topological polar surface area (TPSA) is 83.0 Å². The van der Waals surface area contributed by atoms with Gasteiger partial charge in [-0.3, -0.25) is 4.79 Å². The van der Waals surface area contributed by atoms with Crippen molar-refractivity contribution < 1.29 is 4.79 Å². The molecule has 2 aromatic heterocycles. The van der Waals surface area contributed by atoms with Gasteiger partial charge in [0.05, 0.1) is 11.1 Å². The van der Waals surface area contributed by atoms with Crippen LogP contribution in [0.25, 0.3) is 10.9 Å². The van der Waals surface area contributed by atoms with Crippen molar-refractivity contribution in [2.75, 3.05) is 30.6 Å². The van der Waals surface area contributed by atoms with Gasteiger partial charge in [0.1, 0.15) is 10.8 Å². The zero-order valence-corrected chi connectivity index (χ0v) is 18.9. The van der Waals surface area contributed by atoms with Gasteiger partial charge in [0.25, 0.3) is 5.91 Å². The molecule has 4 rings (SSSR count). The third kappa shape index (κ3) is 4.90. The number of para-hydroxylation sites is 1. The highest BCUT2D eigenvalue weighted by molar-refractivity contribution is 7.98. The lowest BCUT2D eigenvalue weighted by molar-refractivity contribution is 0.0923. The summed E-state index contributed by atoms with van der Waals surface area (Å²) in [5.41, 5.74) is 1.58. The molecule has 1 aliphatic carbocycles. The zero-order valence-electron chi connectivity index (χ0n) is 18.1. The summed E-state index contributed by atoms with van der Waals surface area (Å²) in [7, 11) is 3.99. The van der Waals surface area contributed by atoms with Gasteiger partial charge in [-0.25, -0.2) is 9.97 Å². The lowest BCUT2D eigenvalue weighted by atomic mass is 9.91. The second-order valence-corrected chi connectivity index (χ2v) is 8.80. The maximum atomic E-state index is 12.7. The fraction of sp³-hybridized carbons (Fsp3) is 0.391. The average Bonchev–Trinajstić information content (AvgIpc) is 2.79. The molecule has 3 aromatic rings. The first kappa shape index (κ1) is 21.4. The summed E-state index contributed by atoms with van der Waals surface area (Å²) in [5.74, 6) is 1.53. The van der Waals surface area contributed by atoms with Crippen molar-refractivity contribution in [1.82, 2.24) is 20.3 Å². The smallest absolute Gasteiger partial charge is 0.254 e. The van der Waals surface area contributed by atoms with E-state index in [0.717, 1.165) is 47.4 Å². The molecule has 162 valence electrons. The largest absolute Gasteiger partial charge is 0.362 e. The van der Waals surface area contributed by atoms with Gasteiger partial charge in [-0.2, -0.15) is 4.98 Å². The Labute approximate surface area is 187 Å². The molecule has 0 spiro atoms. The molecule has 1 amide bonds. The number of hydrogen-bond acceptors (Lipinski definition) is 7. The van der Waals surface area contributed by atoms with Crippen LogP contribution in [0.15, 0.2) is 47.6 Å². The Kier molecular flexibility index (Phi) is 6.56. The molecular formula is C23H28N6OS. The third-order valence-electron chi connectivity index (χ3n) is 5.61. The maximum Gasteiger partial charge on any atom is 0.254 e. The van der Waals surface area contributed by atoms with Crippen LogP contribution in [-0.4, -0.2) is 53.3 Å². The molecule has 1 aliphatic rings. The van der Waals surface area contributed by atoms with Crippen molar-refractivity contribution in [3.63, 3.8) is 0 Å². The summed E-state index contributed by atoms with van der Waals surface area (Å²) in [5, 5.41) is 8.51. The first-order valence-corrected chi connectivity index (χ1v) is 11.8. The lowest BCUT2D eigenvalue weighted by Gasteiger charge is -2.30. The predicted octanol–water partition coefficient (Wildman–Crippen LogP) is 3.97. The normalized spacial score (nSPS) is 18.5. The number of amides is 1. The van der Waals surface area contributed by atoms with Crippen molar-refractivity contribution in [3.8, 4) is 0 Å². The lowest BCUT2D eigenvalue weighted by Crippen LogP contribution is -2.40. The molecule has 1 aromatic carbocycles. The van der Waals surface area contributed by atoms with Crippen molar-refractivity contribution in [3.05, 3.63) is 48.2 Å². The van der Waals surface area contributed by atoms with E-state index in [9.17, 15) is 4.79 Å². The molecule has 2 N–H and O–H groups in total. The summed E-state index contributed by atoms with van der Waals surface area (Å²) in [6.07, 6.45) is 7.42. The van der Waals surface area contributed by atoms with Gasteiger partial charge in [-0.1, -0.05) is 12.1 Å². The number of fused-ring (bicyclic) bond motifs is 1. The highest BCUT2D eigenvalue weighted by atomic mass is 32.2. The minimum absolute atomic E-state index is 0.0395. The Balaban J connectivity index is 1.38. The minimum atomic E-state index is -0.0395. The second-order valence-electron chi connectivity index (χ2n) is 8.01. The van der Waals surface area contributed by atoms with Crippen molar-refractivity contribution in [1.29, 1.82) is 0 Å². The van der Waals surface area contributed by atoms with Crippen LogP contribution < -0.4 is 15.5 Å². The second kappa shape index (κ2) is 9.51. The Morgan fingerprint density at radius 1 is 1.03 bits per heavy atom. The SMILES string of the molecule is CSc1ncccc1C(=O)N[C@H]1CC[C@@H](Nc2nc(N(C)C)c3ccccc3n2)CC1. The van der Waals surface area contributed by atoms with Crippen LogP contribution in [0.1, 0.15) is 36.0 Å². The molecule has 8 heteroatoms. The van der Waals surface area contributed by atoms with E-state index in [-0.39, 0.29) is 11.9 Å². The maximum absolute atomic E-state index is 12.7. The van der Waals surface area contributed by atoms with Crippen LogP contribution in [0, 0.1) is 0 Å². The Hall–Kier alpha value is -2.87. The van der Waals surface area contributed by atoms with Crippen molar-refractivity contribution in [2.45, 2.75) is 42.8 Å². The first-order valence-electron chi connectivity index (χ1n) is 10.6. The molecule has 2 heterocycles. The summed E-state index contributed by atoms with van der Waals surface area (Å²) >= 11 is 1.49. The molecule has 0 bridgehead atoms. The predicted molar refractivity (Wildman–Crippen MR) is 127 cm³/mol. The fourth-order valence-corrected chi connectivity index (χ4v) is 4.57. The van der Waals surface area contributed by atoms with Crippen LogP contribution in [-0.2, 0) is 0 Å². The average molecular weight is 437 g/mol. The molecule has 0 saturated heterocycles. The molecule has 0 aliphatic heterocycles. The van der Waals surface area contributed by atoms with E-state index < -0.39 is 0 Å². The number of benzene rings is 1. The zero-order chi connectivity index (χ0) is 21.8. The number of hydrogen-bond donors (Lipinski definition) is 2. The number of rotatable bonds is 6. The van der Waals surface area contributed by atoms with Gasteiger partial charge < -0.3 is 15.5 Å². The van der Waals surface area contributed by atoms with Gasteiger partial charge in [-0.15, -0.1) is 11.8 Å². The van der Waals surface area contributed by atoms with E-state index >= 15 is 0 Å². The quantitative estimate of drug-likeness (QED) is 0.566. The number of pyridine rings is 1. The van der Waals surface area contributed by atoms with E-state index in [2.05, 4.69) is 15.6 Å². The molecule has 0 unspecified atom stereocenters. The number of nitrogens with zero attached hydrogens (tertiary/aromatic N) is 4. The van der Waals surface area contributed by atoms with E-state index in [1.54, 1.807) is 12.3 Å². The van der Waals surface area contributed by atoms with Gasteiger partial charge >= 0.3 is 0 Å². The Bertz CT molecular complexity index is 1060. The van der Waals surface area contributed by atoms with Crippen LogP contribution in [0.4, 0.5) is 11.8 Å². The van der Waals surface area contributed by atoms with E-state index in [1.165, 1.54) is 11.8 Å². The number of carbonyl (C=O) groups is 1. The standard InChI is InChI=1S/C23H28N6OS/c1-29(2)20-17-7-4-5-9-19(17)27-23(28-20)26-16-12-10-15(11-13-16)25-21(30)18-8-6-14-24-22(18)31-3/h4-9,14-16H,10-13H2,1-3H3,(H,25,30)(H,26,27,28)/t15-,16+. The molecule has 1 fully saturated rings. The van der Waals surface area contributed by atoms with Crippen LogP contribution in [0.2, 0.25) is 0 Å². The number of carbonyl (C=O) groups excluding carboxylic acids is 1. The van der Waals surface area contributed by atoms with Gasteiger partial charge in [0, 0.05) is 37.8 Å². The van der Waals surface area contributed by atoms with E-state index in [1.807, 2.05) is 55.6 Å². The number of anilines is 2. The monoisotopic (exact) mass is 436 g/mol. The highest BCUT2D eigenvalue weighted by Crippen LogP contribution is 2.26. The minimum Gasteiger partial charge on any atom is -0.362 e. The van der Waals surface area contributed by atoms with Gasteiger partial charge in [0.2, 0.25) is 5.95 Å². The Morgan fingerprint density at radius 3 is 2.52 bits per heavy atom. The first-order chi connectivity index (χ1) is 15.0. The van der Waals surface area contributed by atoms with Gasteiger partial charge in [0.15, 0.2) is 0 Å². The third-order valence-corrected chi connectivity index (χ3v) is 6.32. The van der Waals surface area contributed by atoms with Crippen molar-refractivity contribution >= 4 is 40.3 Å². The molecule has 0 atom stereocenters. The van der Waals surface area contributed by atoms with Gasteiger partial charge in [-0.05, 0) is 56.2 Å². The van der Waals surface area contributed by atoms with E-state index in [0.29, 0.717) is 17.6 Å². The molecule has 31 heavy (non-hydrogen) atoms. The fourth-order valence-electron chi connectivity index (χ4n) is 4.02. The van der Waals surface area contributed by atoms with Crippen LogP contribution in [0.3, 0.4) is 0 Å². The van der Waals surface area contributed by atoms with Crippen LogP contribution >= 0.6 is 11.8 Å². The summed E-state index contributed by atoms with van der Waals surface area (Å²) in [4.78, 5) is 28.4. The summed E-state index contributed by atoms with van der Waals surface area (Å²) in [6.45, 7) is 0. The number of nitrogens with one attached hydrogen (secondary N) is 2. The molecule has 0 radical (unpaired) electrons. The Morgan fingerprint density at radius 2 is 1.77 bits per heavy atom. The molecule has 1 saturated carbocycles. The number of thioether (sulfide) groups is 1. The highest BCUT2D eigenvalue weighted by Gasteiger charge is 2.24. The molecule has 7 nitrogen and oxygen atoms in total.